The van der Waals surface area contributed by atoms with Crippen molar-refractivity contribution >= 4 is 11.6 Å². The summed E-state index contributed by atoms with van der Waals surface area (Å²) in [5, 5.41) is 14.8. The van der Waals surface area contributed by atoms with E-state index in [2.05, 4.69) is 66.8 Å². The van der Waals surface area contributed by atoms with E-state index in [9.17, 15) is 9.90 Å². The Morgan fingerprint density at radius 3 is 2.56 bits per heavy atom. The van der Waals surface area contributed by atoms with Crippen LogP contribution in [0.15, 0.2) is 66.7 Å². The number of amides is 1. The molecule has 1 amide bonds. The zero-order chi connectivity index (χ0) is 25.1. The van der Waals surface area contributed by atoms with E-state index < -0.39 is 5.60 Å². The molecule has 2 N–H and O–H groups in total. The number of hydrogen-bond donors (Lipinski definition) is 2. The molecule has 0 aromatic heterocycles. The molecule has 0 spiro atoms. The number of carbonyl (C=O) groups excluding carboxylic acids is 1. The van der Waals surface area contributed by atoms with Crippen molar-refractivity contribution < 1.29 is 9.90 Å². The van der Waals surface area contributed by atoms with Crippen LogP contribution in [0, 0.1) is 6.07 Å². The van der Waals surface area contributed by atoms with E-state index in [0.717, 1.165) is 24.9 Å². The van der Waals surface area contributed by atoms with Gasteiger partial charge in [0.05, 0.1) is 5.60 Å². The summed E-state index contributed by atoms with van der Waals surface area (Å²) in [4.78, 5) is 14.9. The molecule has 1 radical (unpaired) electrons. The molecule has 1 fully saturated rings. The minimum Gasteiger partial charge on any atom is -0.390 e. The third-order valence-corrected chi connectivity index (χ3v) is 8.33. The van der Waals surface area contributed by atoms with Crippen LogP contribution in [0.25, 0.3) is 11.1 Å². The quantitative estimate of drug-likeness (QED) is 0.425. The summed E-state index contributed by atoms with van der Waals surface area (Å²) in [6, 6.07) is 26.3. The molecule has 3 aromatic rings. The molecule has 4 heteroatoms. The van der Waals surface area contributed by atoms with Gasteiger partial charge in [0.25, 0.3) is 0 Å². The van der Waals surface area contributed by atoms with Crippen LogP contribution in [-0.4, -0.2) is 41.7 Å². The smallest absolute Gasteiger partial charge is 0.223 e. The summed E-state index contributed by atoms with van der Waals surface area (Å²) in [5.41, 5.74) is 6.80. The van der Waals surface area contributed by atoms with Crippen LogP contribution in [0.1, 0.15) is 67.6 Å². The fraction of sp³-hybridized carbons (Fsp3) is 0.406. The highest BCUT2D eigenvalue weighted by Gasteiger charge is 2.38. The maximum Gasteiger partial charge on any atom is 0.223 e. The van der Waals surface area contributed by atoms with Gasteiger partial charge in [-0.05, 0) is 84.4 Å². The van der Waals surface area contributed by atoms with Crippen LogP contribution in [-0.2, 0) is 11.2 Å². The summed E-state index contributed by atoms with van der Waals surface area (Å²) in [6.07, 6.45) is 4.66. The Hall–Kier alpha value is -3.11. The molecule has 1 heterocycles. The van der Waals surface area contributed by atoms with E-state index in [1.165, 1.54) is 27.8 Å². The number of likely N-dealkylation sites (tertiary alicyclic amines) is 1. The van der Waals surface area contributed by atoms with Gasteiger partial charge in [0.2, 0.25) is 5.91 Å². The predicted octanol–water partition coefficient (Wildman–Crippen LogP) is 6.16. The highest BCUT2D eigenvalue weighted by Crippen LogP contribution is 2.45. The monoisotopic (exact) mass is 481 g/mol. The number of para-hydroxylation sites is 1. The molecule has 3 aromatic carbocycles. The average Bonchev–Trinajstić information content (AvgIpc) is 3.31. The second-order valence-corrected chi connectivity index (χ2v) is 10.7. The average molecular weight is 482 g/mol. The third kappa shape index (κ3) is 5.05. The lowest BCUT2D eigenvalue weighted by Gasteiger charge is -2.40. The molecule has 36 heavy (non-hydrogen) atoms. The van der Waals surface area contributed by atoms with Crippen LogP contribution < -0.4 is 5.32 Å². The lowest BCUT2D eigenvalue weighted by atomic mass is 9.80. The number of carbonyl (C=O) groups is 1. The van der Waals surface area contributed by atoms with Crippen molar-refractivity contribution in [2.24, 2.45) is 0 Å². The number of aliphatic hydroxyl groups is 1. The van der Waals surface area contributed by atoms with E-state index >= 15 is 0 Å². The first-order valence-electron chi connectivity index (χ1n) is 13.3. The molecule has 1 unspecified atom stereocenters. The predicted molar refractivity (Wildman–Crippen MR) is 146 cm³/mol. The second kappa shape index (κ2) is 10.5. The van der Waals surface area contributed by atoms with Gasteiger partial charge in [-0.1, -0.05) is 61.5 Å². The second-order valence-electron chi connectivity index (χ2n) is 10.7. The first-order chi connectivity index (χ1) is 17.5. The van der Waals surface area contributed by atoms with Gasteiger partial charge in [0, 0.05) is 37.8 Å². The fourth-order valence-corrected chi connectivity index (χ4v) is 6.18. The largest absolute Gasteiger partial charge is 0.390 e. The van der Waals surface area contributed by atoms with Gasteiger partial charge in [-0.15, -0.1) is 0 Å². The Morgan fingerprint density at radius 1 is 1.08 bits per heavy atom. The van der Waals surface area contributed by atoms with Gasteiger partial charge in [-0.2, -0.15) is 0 Å². The van der Waals surface area contributed by atoms with Gasteiger partial charge in [0.1, 0.15) is 0 Å². The number of benzene rings is 3. The Morgan fingerprint density at radius 2 is 1.81 bits per heavy atom. The van der Waals surface area contributed by atoms with Gasteiger partial charge in [0.15, 0.2) is 0 Å². The van der Waals surface area contributed by atoms with E-state index in [0.29, 0.717) is 38.3 Å². The molecule has 2 aliphatic rings. The van der Waals surface area contributed by atoms with E-state index in [1.807, 2.05) is 30.1 Å². The number of piperidine rings is 1. The summed E-state index contributed by atoms with van der Waals surface area (Å²) >= 11 is 0. The molecule has 1 saturated heterocycles. The number of nitrogens with one attached hydrogen (secondary N) is 1. The van der Waals surface area contributed by atoms with Crippen LogP contribution in [0.3, 0.4) is 0 Å². The Balaban J connectivity index is 1.23. The molecule has 1 aliphatic heterocycles. The standard InChI is InChI=1S/C32H37N2O2/c1-23(24-9-4-3-5-10-24)21-31(35)34-19-17-32(36,18-20-34)22-25-15-16-28-26(25)12-8-13-27(28)29-11-6-7-14-30(29)33-2/h3-7,9-14,23,25,33,36H,15-22H2,1-2H3/t23-,25?/m1/s1. The minimum atomic E-state index is -0.715. The Bertz CT molecular complexity index is 1200. The topological polar surface area (TPSA) is 52.6 Å². The van der Waals surface area contributed by atoms with Crippen molar-refractivity contribution in [3.8, 4) is 11.1 Å². The molecule has 2 atom stereocenters. The van der Waals surface area contributed by atoms with E-state index in [4.69, 9.17) is 0 Å². The number of fused-ring (bicyclic) bond motifs is 1. The maximum atomic E-state index is 13.0. The molecule has 0 bridgehead atoms. The minimum absolute atomic E-state index is 0.196. The summed E-state index contributed by atoms with van der Waals surface area (Å²) in [6.45, 7) is 3.39. The zero-order valence-corrected chi connectivity index (χ0v) is 21.5. The fourth-order valence-electron chi connectivity index (χ4n) is 6.18. The number of hydrogen-bond acceptors (Lipinski definition) is 3. The molecule has 1 aliphatic carbocycles. The van der Waals surface area contributed by atoms with Crippen molar-refractivity contribution in [3.63, 3.8) is 0 Å². The van der Waals surface area contributed by atoms with Crippen molar-refractivity contribution in [2.45, 2.75) is 62.9 Å². The number of anilines is 1. The normalized spacial score (nSPS) is 19.5. The van der Waals surface area contributed by atoms with Crippen LogP contribution >= 0.6 is 0 Å². The lowest BCUT2D eigenvalue weighted by Crippen LogP contribution is -2.47. The molecule has 4 nitrogen and oxygen atoms in total. The van der Waals surface area contributed by atoms with Crippen molar-refractivity contribution in [3.05, 3.63) is 89.5 Å². The van der Waals surface area contributed by atoms with E-state index in [-0.39, 0.29) is 11.8 Å². The summed E-state index contributed by atoms with van der Waals surface area (Å²) in [7, 11) is 1.96. The van der Waals surface area contributed by atoms with Crippen LogP contribution in [0.2, 0.25) is 0 Å². The zero-order valence-electron chi connectivity index (χ0n) is 21.5. The maximum absolute atomic E-state index is 13.0. The van der Waals surface area contributed by atoms with E-state index in [1.54, 1.807) is 0 Å². The number of rotatable bonds is 7. The van der Waals surface area contributed by atoms with Gasteiger partial charge in [-0.25, -0.2) is 0 Å². The summed E-state index contributed by atoms with van der Waals surface area (Å²) in [5.74, 6) is 0.735. The Labute approximate surface area is 215 Å². The van der Waals surface area contributed by atoms with Gasteiger partial charge < -0.3 is 15.3 Å². The SMILES string of the molecule is CNc1ccccc1-c1c[c]cc2c1CCC2CC1(O)CCN(C(=O)C[C@@H](C)c2ccccc2)CC1. The molecule has 0 saturated carbocycles. The molecule has 5 rings (SSSR count). The molecule has 187 valence electrons. The molecular weight excluding hydrogens is 444 g/mol. The van der Waals surface area contributed by atoms with Crippen LogP contribution in [0.5, 0.6) is 0 Å². The lowest BCUT2D eigenvalue weighted by molar-refractivity contribution is -0.136. The highest BCUT2D eigenvalue weighted by molar-refractivity contribution is 5.81. The third-order valence-electron chi connectivity index (χ3n) is 8.33. The highest BCUT2D eigenvalue weighted by atomic mass is 16.3. The van der Waals surface area contributed by atoms with Gasteiger partial charge in [-0.3, -0.25) is 4.79 Å². The van der Waals surface area contributed by atoms with Gasteiger partial charge >= 0.3 is 0 Å². The van der Waals surface area contributed by atoms with Crippen LogP contribution in [0.4, 0.5) is 5.69 Å². The van der Waals surface area contributed by atoms with Crippen molar-refractivity contribution in [1.29, 1.82) is 0 Å². The number of nitrogens with zero attached hydrogens (tertiary/aromatic N) is 1. The first kappa shape index (κ1) is 24.6. The Kier molecular flexibility index (Phi) is 7.15. The first-order valence-corrected chi connectivity index (χ1v) is 13.3. The molecular formula is C32H37N2O2. The van der Waals surface area contributed by atoms with Crippen molar-refractivity contribution in [1.82, 2.24) is 4.90 Å². The summed E-state index contributed by atoms with van der Waals surface area (Å²) < 4.78 is 0. The van der Waals surface area contributed by atoms with Crippen molar-refractivity contribution in [2.75, 3.05) is 25.5 Å².